The molecule has 71 valence electrons. The Morgan fingerprint density at radius 2 is 2.00 bits per heavy atom. The van der Waals surface area contributed by atoms with Gasteiger partial charge < -0.3 is 0 Å². The minimum absolute atomic E-state index is 0.262. The van der Waals surface area contributed by atoms with Gasteiger partial charge in [0.2, 0.25) is 0 Å². The van der Waals surface area contributed by atoms with E-state index in [0.29, 0.717) is 11.7 Å². The number of carbonyl (C=O) groups excluding carboxylic acids is 1. The maximum absolute atomic E-state index is 11.5. The van der Waals surface area contributed by atoms with Gasteiger partial charge in [-0.25, -0.2) is 0 Å². The van der Waals surface area contributed by atoms with Crippen molar-refractivity contribution in [2.75, 3.05) is 5.75 Å². The summed E-state index contributed by atoms with van der Waals surface area (Å²) in [6.07, 6.45) is 8.23. The third-order valence-corrected chi connectivity index (χ3v) is 2.87. The fourth-order valence-corrected chi connectivity index (χ4v) is 1.87. The van der Waals surface area contributed by atoms with Crippen molar-refractivity contribution in [1.29, 1.82) is 0 Å². The molecule has 1 nitrogen and oxygen atoms in total. The average Bonchev–Trinajstić information content (AvgIpc) is 2.55. The van der Waals surface area contributed by atoms with Gasteiger partial charge in [-0.2, -0.15) is 11.8 Å². The van der Waals surface area contributed by atoms with Gasteiger partial charge in [-0.05, 0) is 30.9 Å². The quantitative estimate of drug-likeness (QED) is 0.670. The van der Waals surface area contributed by atoms with E-state index in [0.717, 1.165) is 11.7 Å². The van der Waals surface area contributed by atoms with Gasteiger partial charge in [0.05, 0.1) is 0 Å². The fourth-order valence-electron chi connectivity index (χ4n) is 1.09. The van der Waals surface area contributed by atoms with E-state index >= 15 is 0 Å². The molecule has 0 N–H and O–H groups in total. The van der Waals surface area contributed by atoms with Crippen LogP contribution in [-0.2, 0) is 4.79 Å². The predicted octanol–water partition coefficient (Wildman–Crippen LogP) is 2.49. The minimum atomic E-state index is 0.262. The summed E-state index contributed by atoms with van der Waals surface area (Å²) in [5.74, 6) is 2.05. The van der Waals surface area contributed by atoms with Gasteiger partial charge in [0.15, 0.2) is 0 Å². The number of thioether (sulfide) groups is 1. The molecule has 0 aromatic carbocycles. The first-order chi connectivity index (χ1) is 6.20. The fraction of sp³-hybridized carbons (Fsp3) is 0.455. The normalized spacial score (nSPS) is 18.4. The molecule has 13 heavy (non-hydrogen) atoms. The maximum Gasteiger partial charge on any atom is 0.141 e. The Kier molecular flexibility index (Phi) is 4.86. The second-order valence-electron chi connectivity index (χ2n) is 3.27. The van der Waals surface area contributed by atoms with Crippen molar-refractivity contribution in [2.24, 2.45) is 0 Å². The van der Waals surface area contributed by atoms with E-state index < -0.39 is 0 Å². The van der Waals surface area contributed by atoms with E-state index in [1.807, 2.05) is 37.4 Å². The molecule has 0 unspecified atom stereocenters. The van der Waals surface area contributed by atoms with Crippen LogP contribution in [0.4, 0.5) is 0 Å². The van der Waals surface area contributed by atoms with E-state index in [1.165, 1.54) is 0 Å². The highest BCUT2D eigenvalue weighted by Gasteiger charge is 2.23. The lowest BCUT2D eigenvalue weighted by Gasteiger charge is -2.07. The number of rotatable bonds is 5. The first-order valence-corrected chi connectivity index (χ1v) is 5.61. The van der Waals surface area contributed by atoms with E-state index in [1.54, 1.807) is 0 Å². The Hall–Kier alpha value is 0.0200. The zero-order valence-electron chi connectivity index (χ0n) is 8.12. The number of carbonyl (C=O) groups is 1. The molecule has 0 aromatic heterocycles. The summed E-state index contributed by atoms with van der Waals surface area (Å²) in [4.78, 5) is 11.5. The van der Waals surface area contributed by atoms with Crippen molar-refractivity contribution in [1.82, 2.24) is 0 Å². The van der Waals surface area contributed by atoms with Crippen molar-refractivity contribution >= 4 is 17.5 Å². The zero-order chi connectivity index (χ0) is 9.68. The molecule has 1 fully saturated rings. The maximum atomic E-state index is 11.5. The van der Waals surface area contributed by atoms with Crippen LogP contribution >= 0.6 is 11.8 Å². The van der Waals surface area contributed by atoms with Crippen LogP contribution in [0.3, 0.4) is 0 Å². The van der Waals surface area contributed by atoms with Gasteiger partial charge >= 0.3 is 0 Å². The molecule has 0 spiro atoms. The number of ketones is 1. The van der Waals surface area contributed by atoms with Crippen molar-refractivity contribution in [2.45, 2.75) is 25.5 Å². The molecule has 5 radical (unpaired) electrons. The van der Waals surface area contributed by atoms with Gasteiger partial charge in [-0.15, -0.1) is 0 Å². The Bertz CT molecular complexity index is 159. The van der Waals surface area contributed by atoms with Crippen molar-refractivity contribution < 1.29 is 4.79 Å². The molecule has 0 aromatic rings. The lowest BCUT2D eigenvalue weighted by Crippen LogP contribution is -2.10. The molecule has 0 amide bonds. The molecule has 1 aliphatic rings. The summed E-state index contributed by atoms with van der Waals surface area (Å²) in [5.41, 5.74) is 0. The molecule has 1 saturated carbocycles. The lowest BCUT2D eigenvalue weighted by molar-refractivity contribution is -0.116. The summed E-state index contributed by atoms with van der Waals surface area (Å²) < 4.78 is 0. The molecule has 1 aliphatic carbocycles. The summed E-state index contributed by atoms with van der Waals surface area (Å²) in [6, 6.07) is 0. The van der Waals surface area contributed by atoms with Crippen LogP contribution in [-0.4, -0.2) is 16.8 Å². The SMILES string of the molecule is CC(C)SCCC(=O)[C]1[CH][CH][CH][CH]1. The van der Waals surface area contributed by atoms with Crippen LogP contribution < -0.4 is 0 Å². The highest BCUT2D eigenvalue weighted by molar-refractivity contribution is 7.99. The van der Waals surface area contributed by atoms with Crippen molar-refractivity contribution in [3.63, 3.8) is 0 Å². The molecular weight excluding hydrogens is 180 g/mol. The topological polar surface area (TPSA) is 17.1 Å². The van der Waals surface area contributed by atoms with E-state index in [2.05, 4.69) is 13.8 Å². The van der Waals surface area contributed by atoms with Crippen LogP contribution in [0.1, 0.15) is 20.3 Å². The molecule has 0 aliphatic heterocycles. The molecule has 0 atom stereocenters. The van der Waals surface area contributed by atoms with Gasteiger partial charge in [0.25, 0.3) is 0 Å². The van der Waals surface area contributed by atoms with Crippen molar-refractivity contribution in [3.05, 3.63) is 31.6 Å². The van der Waals surface area contributed by atoms with E-state index in [9.17, 15) is 4.79 Å². The standard InChI is InChI=1S/C11H15OS/c1-9(2)13-8-7-11(12)10-5-3-4-6-10/h3-6,9H,7-8H2,1-2H3. The smallest absolute Gasteiger partial charge is 0.141 e. The first kappa shape index (κ1) is 11.1. The van der Waals surface area contributed by atoms with Crippen LogP contribution in [0.2, 0.25) is 0 Å². The minimum Gasteiger partial charge on any atom is -0.299 e. The van der Waals surface area contributed by atoms with E-state index in [-0.39, 0.29) is 5.78 Å². The summed E-state index contributed by atoms with van der Waals surface area (Å²) in [6.45, 7) is 4.30. The van der Waals surface area contributed by atoms with Gasteiger partial charge in [0.1, 0.15) is 5.78 Å². The highest BCUT2D eigenvalue weighted by Crippen LogP contribution is 2.25. The summed E-state index contributed by atoms with van der Waals surface area (Å²) >= 11 is 1.84. The Balaban J connectivity index is 2.10. The summed E-state index contributed by atoms with van der Waals surface area (Å²) in [7, 11) is 0. The second-order valence-corrected chi connectivity index (χ2v) is 4.95. The van der Waals surface area contributed by atoms with Crippen LogP contribution in [0.25, 0.3) is 0 Å². The molecule has 0 bridgehead atoms. The van der Waals surface area contributed by atoms with Gasteiger partial charge in [-0.3, -0.25) is 4.79 Å². The van der Waals surface area contributed by atoms with Crippen LogP contribution in [0.5, 0.6) is 0 Å². The largest absolute Gasteiger partial charge is 0.299 e. The van der Waals surface area contributed by atoms with Crippen LogP contribution in [0, 0.1) is 31.6 Å². The molecule has 2 heteroatoms. The Morgan fingerprint density at radius 1 is 1.38 bits per heavy atom. The van der Waals surface area contributed by atoms with Crippen LogP contribution in [0.15, 0.2) is 0 Å². The number of Topliss-reactive ketones (excluding diaryl/α,β-unsaturated/α-hetero) is 1. The molecule has 0 saturated heterocycles. The first-order valence-electron chi connectivity index (χ1n) is 4.56. The number of hydrogen-bond donors (Lipinski definition) is 0. The number of hydrogen-bond acceptors (Lipinski definition) is 2. The van der Waals surface area contributed by atoms with E-state index in [4.69, 9.17) is 0 Å². The third-order valence-electron chi connectivity index (χ3n) is 1.76. The van der Waals surface area contributed by atoms with Gasteiger partial charge in [-0.1, -0.05) is 13.8 Å². The van der Waals surface area contributed by atoms with Crippen molar-refractivity contribution in [3.8, 4) is 0 Å². The highest BCUT2D eigenvalue weighted by atomic mass is 32.2. The monoisotopic (exact) mass is 195 g/mol. The Labute approximate surface area is 85.7 Å². The molecule has 1 rings (SSSR count). The third kappa shape index (κ3) is 4.17. The Morgan fingerprint density at radius 3 is 2.54 bits per heavy atom. The average molecular weight is 195 g/mol. The molecule has 0 heterocycles. The van der Waals surface area contributed by atoms with Gasteiger partial charge in [0, 0.05) is 18.1 Å². The predicted molar refractivity (Wildman–Crippen MR) is 57.7 cm³/mol. The zero-order valence-corrected chi connectivity index (χ0v) is 8.93. The summed E-state index contributed by atoms with van der Waals surface area (Å²) in [5, 5.41) is 0.618. The lowest BCUT2D eigenvalue weighted by atomic mass is 10.0. The second kappa shape index (κ2) is 5.69. The molecular formula is C11H15OS.